The van der Waals surface area contributed by atoms with Crippen molar-refractivity contribution in [3.63, 3.8) is 0 Å². The lowest BCUT2D eigenvalue weighted by molar-refractivity contribution is -0.125. The highest BCUT2D eigenvalue weighted by atomic mass is 32.2. The van der Waals surface area contributed by atoms with Gasteiger partial charge in [-0.2, -0.15) is 9.40 Å². The van der Waals surface area contributed by atoms with Crippen LogP contribution in [0.4, 0.5) is 0 Å². The Kier molecular flexibility index (Phi) is 4.54. The fourth-order valence-electron chi connectivity index (χ4n) is 3.94. The van der Waals surface area contributed by atoms with Crippen LogP contribution in [0.5, 0.6) is 0 Å². The van der Waals surface area contributed by atoms with Crippen LogP contribution >= 0.6 is 0 Å². The molecule has 26 heavy (non-hydrogen) atoms. The van der Waals surface area contributed by atoms with E-state index in [4.69, 9.17) is 0 Å². The minimum Gasteiger partial charge on any atom is -0.350 e. The summed E-state index contributed by atoms with van der Waals surface area (Å²) >= 11 is 0. The normalized spacial score (nSPS) is 29.5. The van der Waals surface area contributed by atoms with Gasteiger partial charge in [0.15, 0.2) is 0 Å². The molecule has 9 nitrogen and oxygen atoms in total. The number of hydrogen-bond acceptors (Lipinski definition) is 6. The second-order valence-electron chi connectivity index (χ2n) is 7.63. The molecule has 0 aromatic carbocycles. The number of hydrazine groups is 1. The molecule has 1 saturated carbocycles. The number of aromatic nitrogens is 2. The maximum absolute atomic E-state index is 12.7. The van der Waals surface area contributed by atoms with Gasteiger partial charge in [-0.05, 0) is 31.7 Å². The predicted molar refractivity (Wildman–Crippen MR) is 95.1 cm³/mol. The molecular weight excluding hydrogens is 356 g/mol. The number of nitrogens with zero attached hydrogens (tertiary/aromatic N) is 3. The van der Waals surface area contributed by atoms with Crippen LogP contribution in [0.2, 0.25) is 0 Å². The average Bonchev–Trinajstić information content (AvgIpc) is 3.22. The first kappa shape index (κ1) is 17.9. The van der Waals surface area contributed by atoms with Gasteiger partial charge in [0.1, 0.15) is 0 Å². The molecule has 2 fully saturated rings. The smallest absolute Gasteiger partial charge is 0.226 e. The summed E-state index contributed by atoms with van der Waals surface area (Å²) in [6.07, 6.45) is 3.59. The number of sulfonamides is 1. The summed E-state index contributed by atoms with van der Waals surface area (Å²) in [5, 5.41) is 7.51. The van der Waals surface area contributed by atoms with E-state index in [-0.39, 0.29) is 23.9 Å². The van der Waals surface area contributed by atoms with E-state index in [0.29, 0.717) is 32.1 Å². The molecule has 1 amide bonds. The van der Waals surface area contributed by atoms with Gasteiger partial charge in [0, 0.05) is 18.6 Å². The highest BCUT2D eigenvalue weighted by molar-refractivity contribution is 7.88. The topological polar surface area (TPSA) is 108 Å². The van der Waals surface area contributed by atoms with Crippen molar-refractivity contribution in [2.24, 2.45) is 11.8 Å². The van der Waals surface area contributed by atoms with E-state index >= 15 is 0 Å². The van der Waals surface area contributed by atoms with Crippen LogP contribution in [0.25, 0.3) is 0 Å². The van der Waals surface area contributed by atoms with Crippen molar-refractivity contribution in [2.45, 2.75) is 51.5 Å². The summed E-state index contributed by atoms with van der Waals surface area (Å²) in [7, 11) is -3.20. The van der Waals surface area contributed by atoms with Crippen molar-refractivity contribution >= 4 is 15.9 Å². The Balaban J connectivity index is 1.38. The molecule has 0 radical (unpaired) electrons. The zero-order chi connectivity index (χ0) is 18.5. The largest absolute Gasteiger partial charge is 0.350 e. The third-order valence-electron chi connectivity index (χ3n) is 5.56. The van der Waals surface area contributed by atoms with Crippen molar-refractivity contribution in [3.05, 3.63) is 17.5 Å². The number of hydrogen-bond donors (Lipinski definition) is 3. The Hall–Kier alpha value is -1.49. The lowest BCUT2D eigenvalue weighted by Crippen LogP contribution is -2.42. The van der Waals surface area contributed by atoms with E-state index in [2.05, 4.69) is 21.3 Å². The van der Waals surface area contributed by atoms with Crippen LogP contribution in [0, 0.1) is 11.8 Å². The Morgan fingerprint density at radius 2 is 2.12 bits per heavy atom. The molecule has 3 aliphatic rings. The Bertz CT molecular complexity index is 803. The van der Waals surface area contributed by atoms with Crippen LogP contribution in [0.1, 0.15) is 31.2 Å². The first-order valence-electron chi connectivity index (χ1n) is 9.12. The molecule has 10 heteroatoms. The van der Waals surface area contributed by atoms with Crippen LogP contribution in [-0.2, 0) is 34.5 Å². The summed E-state index contributed by atoms with van der Waals surface area (Å²) in [5.41, 5.74) is 8.07. The molecule has 1 aromatic rings. The molecular formula is C16H26N6O3S. The van der Waals surface area contributed by atoms with Crippen molar-refractivity contribution < 1.29 is 13.2 Å². The molecule has 3 atom stereocenters. The number of amides is 1. The first-order valence-corrected chi connectivity index (χ1v) is 11.0. The Morgan fingerprint density at radius 3 is 2.81 bits per heavy atom. The fraction of sp³-hybridized carbons (Fsp3) is 0.750. The van der Waals surface area contributed by atoms with Crippen molar-refractivity contribution in [1.29, 1.82) is 0 Å². The predicted octanol–water partition coefficient (Wildman–Crippen LogP) is -0.834. The van der Waals surface area contributed by atoms with Gasteiger partial charge in [-0.3, -0.25) is 20.3 Å². The summed E-state index contributed by atoms with van der Waals surface area (Å²) in [6.45, 7) is 3.68. The summed E-state index contributed by atoms with van der Waals surface area (Å²) in [5.74, 6) is 0.543. The third-order valence-corrected chi connectivity index (χ3v) is 6.81. The second kappa shape index (κ2) is 6.59. The molecule has 3 unspecified atom stereocenters. The van der Waals surface area contributed by atoms with E-state index in [0.717, 1.165) is 11.4 Å². The van der Waals surface area contributed by atoms with Gasteiger partial charge >= 0.3 is 0 Å². The molecule has 4 rings (SSSR count). The molecule has 3 heterocycles. The zero-order valence-corrected chi connectivity index (χ0v) is 15.9. The molecule has 1 saturated heterocycles. The van der Waals surface area contributed by atoms with Crippen LogP contribution < -0.4 is 16.2 Å². The minimum atomic E-state index is -3.20. The third kappa shape index (κ3) is 3.51. The van der Waals surface area contributed by atoms with Gasteiger partial charge in [0.2, 0.25) is 15.9 Å². The first-order chi connectivity index (χ1) is 12.3. The molecule has 0 spiro atoms. The van der Waals surface area contributed by atoms with Crippen LogP contribution in [0.3, 0.4) is 0 Å². The summed E-state index contributed by atoms with van der Waals surface area (Å²) < 4.78 is 26.7. The lowest BCUT2D eigenvalue weighted by Gasteiger charge is -2.25. The van der Waals surface area contributed by atoms with Crippen LogP contribution in [0.15, 0.2) is 6.07 Å². The quantitative estimate of drug-likeness (QED) is 0.613. The molecule has 3 N–H and O–H groups in total. The van der Waals surface area contributed by atoms with Gasteiger partial charge < -0.3 is 5.32 Å². The van der Waals surface area contributed by atoms with Gasteiger partial charge in [-0.15, -0.1) is 0 Å². The van der Waals surface area contributed by atoms with Crippen molar-refractivity contribution in [2.75, 3.05) is 12.8 Å². The van der Waals surface area contributed by atoms with Gasteiger partial charge in [0.05, 0.1) is 43.2 Å². The zero-order valence-electron chi connectivity index (χ0n) is 15.1. The maximum Gasteiger partial charge on any atom is 0.226 e. The monoisotopic (exact) mass is 382 g/mol. The van der Waals surface area contributed by atoms with Gasteiger partial charge in [-0.1, -0.05) is 0 Å². The van der Waals surface area contributed by atoms with E-state index in [1.807, 2.05) is 17.7 Å². The molecule has 1 aliphatic carbocycles. The molecule has 144 valence electrons. The second-order valence-corrected chi connectivity index (χ2v) is 9.61. The van der Waals surface area contributed by atoms with E-state index in [1.165, 1.54) is 23.4 Å². The number of rotatable bonds is 5. The number of nitrogens with one attached hydrogen (secondary N) is 3. The van der Waals surface area contributed by atoms with Gasteiger partial charge in [0.25, 0.3) is 0 Å². The highest BCUT2D eigenvalue weighted by Gasteiger charge is 2.46. The fourth-order valence-corrected chi connectivity index (χ4v) is 4.72. The standard InChI is InChI=1S/C16H26N6O3S/c1-10-14(15(19-18-10)11-3-4-11)16(23)17-8-12-7-13-9-21(26(2,24)25)5-6-22(13)20-12/h7,10-11,14-15,18-19H,3-6,8-9H2,1-2H3,(H,17,23). The van der Waals surface area contributed by atoms with E-state index in [1.54, 1.807) is 0 Å². The molecule has 2 aliphatic heterocycles. The van der Waals surface area contributed by atoms with E-state index in [9.17, 15) is 13.2 Å². The van der Waals surface area contributed by atoms with Crippen molar-refractivity contribution in [1.82, 2.24) is 30.3 Å². The molecule has 1 aromatic heterocycles. The van der Waals surface area contributed by atoms with Gasteiger partial charge in [-0.25, -0.2) is 8.42 Å². The molecule has 0 bridgehead atoms. The van der Waals surface area contributed by atoms with E-state index < -0.39 is 10.0 Å². The Morgan fingerprint density at radius 1 is 1.35 bits per heavy atom. The number of carbonyl (C=O) groups excluding carboxylic acids is 1. The maximum atomic E-state index is 12.7. The summed E-state index contributed by atoms with van der Waals surface area (Å²) in [4.78, 5) is 12.7. The Labute approximate surface area is 153 Å². The lowest BCUT2D eigenvalue weighted by atomic mass is 9.91. The minimum absolute atomic E-state index is 0.0376. The van der Waals surface area contributed by atoms with Crippen molar-refractivity contribution in [3.8, 4) is 0 Å². The summed E-state index contributed by atoms with van der Waals surface area (Å²) in [6, 6.07) is 2.17. The SMILES string of the molecule is CC1NNC(C2CC2)C1C(=O)NCc1cc2n(n1)CCN(S(C)(=O)=O)C2. The highest BCUT2D eigenvalue weighted by Crippen LogP contribution is 2.38. The number of carbonyl (C=O) groups is 1. The number of fused-ring (bicyclic) bond motifs is 1. The van der Waals surface area contributed by atoms with Crippen LogP contribution in [-0.4, -0.2) is 53.3 Å². The average molecular weight is 382 g/mol.